The number of aromatic nitrogens is 2. The predicted molar refractivity (Wildman–Crippen MR) is 170 cm³/mol. The largest absolute Gasteiger partial charge is 0.507 e. The number of aliphatic hydroxyl groups excluding tert-OH is 1. The number of hydrogen-bond acceptors (Lipinski definition) is 9. The number of ether oxygens (including phenoxy) is 2. The van der Waals surface area contributed by atoms with E-state index in [4.69, 9.17) is 9.47 Å². The Morgan fingerprint density at radius 2 is 1.81 bits per heavy atom. The van der Waals surface area contributed by atoms with E-state index in [0.717, 1.165) is 29.5 Å². The van der Waals surface area contributed by atoms with Gasteiger partial charge in [-0.3, -0.25) is 14.5 Å². The lowest BCUT2D eigenvalue weighted by molar-refractivity contribution is -0.132. The molecule has 3 aromatic carbocycles. The Morgan fingerprint density at radius 1 is 1.02 bits per heavy atom. The molecule has 1 atom stereocenters. The number of methoxy groups -OCH3 is 1. The number of nitrogens with zero attached hydrogens (tertiary/aromatic N) is 3. The number of amides is 1. The summed E-state index contributed by atoms with van der Waals surface area (Å²) in [7, 11) is 1.54. The molecule has 1 aliphatic rings. The molecule has 0 spiro atoms. The third-order valence-corrected chi connectivity index (χ3v) is 9.29. The van der Waals surface area contributed by atoms with Crippen molar-refractivity contribution in [2.75, 3.05) is 18.6 Å². The van der Waals surface area contributed by atoms with Gasteiger partial charge in [0, 0.05) is 11.3 Å². The van der Waals surface area contributed by atoms with Crippen molar-refractivity contribution < 1.29 is 24.2 Å². The minimum atomic E-state index is -0.960. The topological polar surface area (TPSA) is 102 Å². The van der Waals surface area contributed by atoms with Crippen LogP contribution in [-0.2, 0) is 15.3 Å². The molecule has 1 unspecified atom stereocenters. The fourth-order valence-electron chi connectivity index (χ4n) is 4.86. The summed E-state index contributed by atoms with van der Waals surface area (Å²) in [5.41, 5.74) is 3.86. The summed E-state index contributed by atoms with van der Waals surface area (Å²) in [6.45, 7) is 6.38. The highest BCUT2D eigenvalue weighted by Gasteiger charge is 2.48. The quantitative estimate of drug-likeness (QED) is 0.0470. The fourth-order valence-corrected chi connectivity index (χ4v) is 6.68. The van der Waals surface area contributed by atoms with Crippen LogP contribution in [0.15, 0.2) is 76.6 Å². The number of anilines is 1. The van der Waals surface area contributed by atoms with Gasteiger partial charge in [0.2, 0.25) is 5.13 Å². The highest BCUT2D eigenvalue weighted by molar-refractivity contribution is 8.00. The molecular weight excluding hydrogens is 583 g/mol. The van der Waals surface area contributed by atoms with Crippen LogP contribution < -0.4 is 14.4 Å². The Labute approximate surface area is 259 Å². The number of carbonyl (C=O) groups excluding carboxylic acids is 2. The fraction of sp³-hybridized carbons (Fsp3) is 0.273. The van der Waals surface area contributed by atoms with Crippen LogP contribution in [-0.4, -0.2) is 40.7 Å². The van der Waals surface area contributed by atoms with Gasteiger partial charge < -0.3 is 14.6 Å². The molecule has 222 valence electrons. The number of thioether (sulfide) groups is 1. The van der Waals surface area contributed by atoms with Gasteiger partial charge in [-0.25, -0.2) is 0 Å². The van der Waals surface area contributed by atoms with Crippen molar-refractivity contribution in [3.8, 4) is 11.5 Å². The maximum absolute atomic E-state index is 13.7. The first kappa shape index (κ1) is 30.3. The minimum Gasteiger partial charge on any atom is -0.507 e. The number of benzene rings is 3. The lowest BCUT2D eigenvalue weighted by atomic mass is 9.93. The van der Waals surface area contributed by atoms with E-state index < -0.39 is 17.7 Å². The SMILES string of the molecule is CCCCOc1ccc(C2C(=C(O)c3cc(C)ccc3C)C(=O)C(=O)N2c2nnc(SCc3ccccc3)s2)cc1OC. The molecule has 1 aliphatic heterocycles. The van der Waals surface area contributed by atoms with Crippen molar-refractivity contribution in [2.24, 2.45) is 0 Å². The van der Waals surface area contributed by atoms with Gasteiger partial charge in [0.25, 0.3) is 5.78 Å². The first-order chi connectivity index (χ1) is 20.8. The van der Waals surface area contributed by atoms with E-state index in [-0.39, 0.29) is 16.5 Å². The van der Waals surface area contributed by atoms with Gasteiger partial charge in [-0.1, -0.05) is 90.5 Å². The van der Waals surface area contributed by atoms with Crippen LogP contribution in [0, 0.1) is 13.8 Å². The highest BCUT2D eigenvalue weighted by atomic mass is 32.2. The Balaban J connectivity index is 1.59. The molecule has 5 rings (SSSR count). The van der Waals surface area contributed by atoms with Crippen molar-refractivity contribution in [3.63, 3.8) is 0 Å². The smallest absolute Gasteiger partial charge is 0.301 e. The zero-order valence-corrected chi connectivity index (χ0v) is 26.1. The number of unbranched alkanes of at least 4 members (excludes halogenated alkanes) is 1. The van der Waals surface area contributed by atoms with E-state index in [0.29, 0.717) is 39.3 Å². The van der Waals surface area contributed by atoms with Gasteiger partial charge >= 0.3 is 5.91 Å². The van der Waals surface area contributed by atoms with Crippen molar-refractivity contribution in [1.29, 1.82) is 0 Å². The zero-order valence-electron chi connectivity index (χ0n) is 24.5. The van der Waals surface area contributed by atoms with Crippen LogP contribution in [0.4, 0.5) is 5.13 Å². The summed E-state index contributed by atoms with van der Waals surface area (Å²) in [6, 6.07) is 19.9. The zero-order chi connectivity index (χ0) is 30.5. The maximum Gasteiger partial charge on any atom is 0.301 e. The summed E-state index contributed by atoms with van der Waals surface area (Å²) in [5.74, 6) is -0.114. The number of carbonyl (C=O) groups is 2. The van der Waals surface area contributed by atoms with Crippen LogP contribution >= 0.6 is 23.1 Å². The molecule has 1 fully saturated rings. The lowest BCUT2D eigenvalue weighted by Crippen LogP contribution is -2.29. The Morgan fingerprint density at radius 3 is 2.56 bits per heavy atom. The van der Waals surface area contributed by atoms with Crippen LogP contribution in [0.25, 0.3) is 5.76 Å². The summed E-state index contributed by atoms with van der Waals surface area (Å²) in [4.78, 5) is 28.7. The molecule has 2 heterocycles. The molecule has 1 amide bonds. The van der Waals surface area contributed by atoms with E-state index in [9.17, 15) is 14.7 Å². The number of aryl methyl sites for hydroxylation is 2. The van der Waals surface area contributed by atoms with Gasteiger partial charge in [0.05, 0.1) is 25.3 Å². The number of aliphatic hydroxyl groups is 1. The average molecular weight is 616 g/mol. The van der Waals surface area contributed by atoms with Gasteiger partial charge in [-0.15, -0.1) is 10.2 Å². The molecule has 4 aromatic rings. The number of rotatable bonds is 11. The molecule has 0 aliphatic carbocycles. The second kappa shape index (κ2) is 13.4. The number of hydrogen-bond donors (Lipinski definition) is 1. The average Bonchev–Trinajstić information content (AvgIpc) is 3.59. The minimum absolute atomic E-state index is 0.0194. The van der Waals surface area contributed by atoms with Crippen molar-refractivity contribution in [1.82, 2.24) is 10.2 Å². The highest BCUT2D eigenvalue weighted by Crippen LogP contribution is 2.46. The van der Waals surface area contributed by atoms with Gasteiger partial charge in [-0.05, 0) is 55.2 Å². The van der Waals surface area contributed by atoms with Crippen LogP contribution in [0.5, 0.6) is 11.5 Å². The molecule has 1 aromatic heterocycles. The second-order valence-corrected chi connectivity index (χ2v) is 12.4. The van der Waals surface area contributed by atoms with Gasteiger partial charge in [0.1, 0.15) is 5.76 Å². The van der Waals surface area contributed by atoms with Crippen molar-refractivity contribution in [3.05, 3.63) is 100 Å². The Hall–Kier alpha value is -4.15. The molecular formula is C33H33N3O5S2. The molecule has 8 nitrogen and oxygen atoms in total. The van der Waals surface area contributed by atoms with E-state index in [2.05, 4.69) is 17.1 Å². The van der Waals surface area contributed by atoms with Crippen LogP contribution in [0.3, 0.4) is 0 Å². The summed E-state index contributed by atoms with van der Waals surface area (Å²) in [5, 5.41) is 20.5. The first-order valence-corrected chi connectivity index (χ1v) is 15.8. The maximum atomic E-state index is 13.7. The first-order valence-electron chi connectivity index (χ1n) is 14.0. The normalized spacial score (nSPS) is 16.1. The third-order valence-electron chi connectivity index (χ3n) is 7.16. The third kappa shape index (κ3) is 6.45. The molecule has 1 N–H and O–H groups in total. The van der Waals surface area contributed by atoms with E-state index in [1.807, 2.05) is 62.4 Å². The summed E-state index contributed by atoms with van der Waals surface area (Å²) < 4.78 is 12.2. The Kier molecular flexibility index (Phi) is 9.47. The van der Waals surface area contributed by atoms with Crippen molar-refractivity contribution >= 4 is 45.7 Å². The van der Waals surface area contributed by atoms with Crippen LogP contribution in [0.2, 0.25) is 0 Å². The van der Waals surface area contributed by atoms with Crippen LogP contribution in [0.1, 0.15) is 53.6 Å². The monoisotopic (exact) mass is 615 g/mol. The Bertz CT molecular complexity index is 1670. The molecule has 0 bridgehead atoms. The number of Topliss-reactive ketones (excluding diaryl/α,β-unsaturated/α-hetero) is 1. The van der Waals surface area contributed by atoms with E-state index in [1.165, 1.54) is 28.0 Å². The van der Waals surface area contributed by atoms with E-state index in [1.54, 1.807) is 25.3 Å². The summed E-state index contributed by atoms with van der Waals surface area (Å²) >= 11 is 2.73. The summed E-state index contributed by atoms with van der Waals surface area (Å²) in [6.07, 6.45) is 1.88. The van der Waals surface area contributed by atoms with E-state index >= 15 is 0 Å². The standard InChI is InChI=1S/C33H33N3O5S2/c1-5-6-16-41-25-15-14-23(18-26(25)40-4)28-27(29(37)24-17-20(2)12-13-21(24)3)30(38)31(39)36(28)32-34-35-33(43-32)42-19-22-10-8-7-9-11-22/h7-15,17-18,28,37H,5-6,16,19H2,1-4H3. The number of ketones is 1. The molecule has 43 heavy (non-hydrogen) atoms. The predicted octanol–water partition coefficient (Wildman–Crippen LogP) is 7.26. The molecule has 10 heteroatoms. The van der Waals surface area contributed by atoms with Gasteiger partial charge in [-0.2, -0.15) is 0 Å². The van der Waals surface area contributed by atoms with Gasteiger partial charge in [0.15, 0.2) is 15.8 Å². The second-order valence-electron chi connectivity index (χ2n) is 10.2. The molecule has 1 saturated heterocycles. The molecule has 0 radical (unpaired) electrons. The lowest BCUT2D eigenvalue weighted by Gasteiger charge is -2.23. The molecule has 0 saturated carbocycles. The van der Waals surface area contributed by atoms with Crippen molar-refractivity contribution in [2.45, 2.75) is 49.7 Å².